The summed E-state index contributed by atoms with van der Waals surface area (Å²) in [5.41, 5.74) is -0.670. The maximum absolute atomic E-state index is 11.4. The molecule has 0 heterocycles. The fraction of sp³-hybridized carbons (Fsp3) is 0. The Labute approximate surface area is 91.9 Å². The van der Waals surface area contributed by atoms with Gasteiger partial charge in [0.25, 0.3) is 5.91 Å². The predicted molar refractivity (Wildman–Crippen MR) is 59.6 cm³/mol. The lowest BCUT2D eigenvalue weighted by molar-refractivity contribution is -0.129. The van der Waals surface area contributed by atoms with Crippen molar-refractivity contribution in [3.05, 3.63) is 42.5 Å². The van der Waals surface area contributed by atoms with Crippen LogP contribution in [0, 0.1) is 5.41 Å². The molecule has 0 fully saturated rings. The maximum Gasteiger partial charge on any atom is 0.354 e. The summed E-state index contributed by atoms with van der Waals surface area (Å²) >= 11 is 0. The molecule has 0 saturated heterocycles. The molecule has 1 rings (SSSR count). The molecule has 1 amide bonds. The zero-order valence-corrected chi connectivity index (χ0v) is 8.36. The van der Waals surface area contributed by atoms with Gasteiger partial charge in [0.2, 0.25) is 0 Å². The Bertz CT molecular complexity index is 452. The molecule has 5 heteroatoms. The summed E-state index contributed by atoms with van der Waals surface area (Å²) in [6.45, 7) is 3.25. The highest BCUT2D eigenvalue weighted by Gasteiger charge is 2.17. The minimum Gasteiger partial charge on any atom is -0.477 e. The summed E-state index contributed by atoms with van der Waals surface area (Å²) in [5, 5.41) is 18.0. The summed E-state index contributed by atoms with van der Waals surface area (Å²) in [6, 6.07) is 8.52. The van der Waals surface area contributed by atoms with Gasteiger partial charge >= 0.3 is 5.97 Å². The quantitative estimate of drug-likeness (QED) is 0.525. The normalized spacial score (nSPS) is 9.25. The van der Waals surface area contributed by atoms with Gasteiger partial charge in [-0.3, -0.25) is 10.2 Å². The number of carboxylic acids is 1. The van der Waals surface area contributed by atoms with E-state index in [1.165, 1.54) is 0 Å². The lowest BCUT2D eigenvalue weighted by Crippen LogP contribution is -2.24. The summed E-state index contributed by atoms with van der Waals surface area (Å²) < 4.78 is 0. The Kier molecular flexibility index (Phi) is 3.55. The van der Waals surface area contributed by atoms with Crippen LogP contribution in [0.15, 0.2) is 42.5 Å². The van der Waals surface area contributed by atoms with E-state index in [2.05, 4.69) is 11.9 Å². The van der Waals surface area contributed by atoms with Gasteiger partial charge < -0.3 is 10.4 Å². The molecule has 0 bridgehead atoms. The number of aliphatic carboxylic acids is 1. The highest BCUT2D eigenvalue weighted by Crippen LogP contribution is 2.07. The van der Waals surface area contributed by atoms with Gasteiger partial charge in [-0.2, -0.15) is 0 Å². The fourth-order valence-corrected chi connectivity index (χ4v) is 0.971. The van der Waals surface area contributed by atoms with E-state index in [0.29, 0.717) is 5.69 Å². The van der Waals surface area contributed by atoms with E-state index < -0.39 is 17.6 Å². The van der Waals surface area contributed by atoms with Crippen molar-refractivity contribution in [1.29, 1.82) is 5.41 Å². The molecule has 5 nitrogen and oxygen atoms in total. The van der Waals surface area contributed by atoms with Crippen LogP contribution in [0.3, 0.4) is 0 Å². The first-order valence-electron chi connectivity index (χ1n) is 4.40. The number of carbonyl (C=O) groups excluding carboxylic acids is 1. The first-order valence-corrected chi connectivity index (χ1v) is 4.40. The van der Waals surface area contributed by atoms with E-state index in [1.54, 1.807) is 30.3 Å². The standard InChI is InChI=1S/C11H10N2O3/c1-7(9(12)11(15)16)10(14)13-8-5-3-2-4-6-8/h2-6,12H,1H2,(H,13,14)(H,15,16). The van der Waals surface area contributed by atoms with Crippen molar-refractivity contribution in [3.8, 4) is 0 Å². The molecule has 0 aliphatic carbocycles. The van der Waals surface area contributed by atoms with Crippen LogP contribution in [0.25, 0.3) is 0 Å². The molecule has 0 aromatic heterocycles. The second-order valence-electron chi connectivity index (χ2n) is 2.98. The van der Waals surface area contributed by atoms with Crippen molar-refractivity contribution in [3.63, 3.8) is 0 Å². The van der Waals surface area contributed by atoms with Crippen molar-refractivity contribution < 1.29 is 14.7 Å². The van der Waals surface area contributed by atoms with E-state index in [9.17, 15) is 9.59 Å². The Morgan fingerprint density at radius 3 is 2.31 bits per heavy atom. The number of hydrogen-bond acceptors (Lipinski definition) is 3. The summed E-state index contributed by atoms with van der Waals surface area (Å²) in [7, 11) is 0. The second-order valence-corrected chi connectivity index (χ2v) is 2.98. The van der Waals surface area contributed by atoms with Crippen molar-refractivity contribution in [2.24, 2.45) is 0 Å². The van der Waals surface area contributed by atoms with Gasteiger partial charge in [0.05, 0.1) is 5.57 Å². The van der Waals surface area contributed by atoms with Gasteiger partial charge in [-0.05, 0) is 12.1 Å². The highest BCUT2D eigenvalue weighted by molar-refractivity contribution is 6.48. The number of amides is 1. The van der Waals surface area contributed by atoms with E-state index in [-0.39, 0.29) is 5.57 Å². The fourth-order valence-electron chi connectivity index (χ4n) is 0.971. The lowest BCUT2D eigenvalue weighted by atomic mass is 10.1. The minimum atomic E-state index is -1.48. The monoisotopic (exact) mass is 218 g/mol. The topological polar surface area (TPSA) is 90.2 Å². The number of rotatable bonds is 4. The smallest absolute Gasteiger partial charge is 0.354 e. The summed E-state index contributed by atoms with van der Waals surface area (Å²) in [6.07, 6.45) is 0. The van der Waals surface area contributed by atoms with Crippen molar-refractivity contribution in [1.82, 2.24) is 0 Å². The van der Waals surface area contributed by atoms with Gasteiger partial charge in [0.15, 0.2) is 5.71 Å². The number of para-hydroxylation sites is 1. The molecule has 0 spiro atoms. The van der Waals surface area contributed by atoms with Gasteiger partial charge in [-0.15, -0.1) is 0 Å². The third-order valence-corrected chi connectivity index (χ3v) is 1.82. The minimum absolute atomic E-state index is 0.378. The van der Waals surface area contributed by atoms with Gasteiger partial charge in [0.1, 0.15) is 0 Å². The van der Waals surface area contributed by atoms with E-state index in [4.69, 9.17) is 10.5 Å². The largest absolute Gasteiger partial charge is 0.477 e. The third-order valence-electron chi connectivity index (χ3n) is 1.82. The Hall–Kier alpha value is -2.43. The van der Waals surface area contributed by atoms with E-state index in [1.807, 2.05) is 0 Å². The second kappa shape index (κ2) is 4.88. The predicted octanol–water partition coefficient (Wildman–Crippen LogP) is 1.29. The van der Waals surface area contributed by atoms with Crippen LogP contribution < -0.4 is 5.32 Å². The van der Waals surface area contributed by atoms with Crippen LogP contribution in [-0.4, -0.2) is 22.7 Å². The molecule has 0 aliphatic rings. The van der Waals surface area contributed by atoms with Crippen LogP contribution in [0.1, 0.15) is 0 Å². The molecule has 1 aromatic rings. The van der Waals surface area contributed by atoms with E-state index >= 15 is 0 Å². The summed E-state index contributed by atoms with van der Waals surface area (Å²) in [5.74, 6) is -2.17. The number of anilines is 1. The molecule has 82 valence electrons. The van der Waals surface area contributed by atoms with Crippen LogP contribution in [0.4, 0.5) is 5.69 Å². The Balaban J connectivity index is 2.70. The zero-order valence-electron chi connectivity index (χ0n) is 8.36. The van der Waals surface area contributed by atoms with Crippen LogP contribution >= 0.6 is 0 Å². The molecule has 0 radical (unpaired) electrons. The number of nitrogens with one attached hydrogen (secondary N) is 2. The van der Waals surface area contributed by atoms with Crippen LogP contribution in [0.5, 0.6) is 0 Å². The Morgan fingerprint density at radius 1 is 1.25 bits per heavy atom. The highest BCUT2D eigenvalue weighted by atomic mass is 16.4. The number of hydrogen-bond donors (Lipinski definition) is 3. The SMILES string of the molecule is C=C(C(=N)C(=O)O)C(=O)Nc1ccccc1. The first kappa shape index (κ1) is 11.6. The maximum atomic E-state index is 11.4. The van der Waals surface area contributed by atoms with Gasteiger partial charge in [-0.1, -0.05) is 24.8 Å². The molecule has 0 atom stereocenters. The van der Waals surface area contributed by atoms with Crippen LogP contribution in [-0.2, 0) is 9.59 Å². The number of carbonyl (C=O) groups is 2. The molecule has 0 unspecified atom stereocenters. The average Bonchev–Trinajstić information content (AvgIpc) is 2.28. The molecule has 1 aromatic carbocycles. The average molecular weight is 218 g/mol. The van der Waals surface area contributed by atoms with Gasteiger partial charge in [-0.25, -0.2) is 4.79 Å². The summed E-state index contributed by atoms with van der Waals surface area (Å²) in [4.78, 5) is 21.9. The first-order chi connectivity index (χ1) is 7.52. The van der Waals surface area contributed by atoms with Crippen molar-refractivity contribution in [2.75, 3.05) is 5.32 Å². The van der Waals surface area contributed by atoms with Crippen molar-refractivity contribution >= 4 is 23.3 Å². The van der Waals surface area contributed by atoms with Crippen molar-refractivity contribution in [2.45, 2.75) is 0 Å². The molecule has 0 saturated carbocycles. The van der Waals surface area contributed by atoms with Crippen LogP contribution in [0.2, 0.25) is 0 Å². The molecular formula is C11H10N2O3. The van der Waals surface area contributed by atoms with Gasteiger partial charge in [0, 0.05) is 5.69 Å². The molecule has 16 heavy (non-hydrogen) atoms. The Morgan fingerprint density at radius 2 is 1.81 bits per heavy atom. The zero-order chi connectivity index (χ0) is 12.1. The third kappa shape index (κ3) is 2.78. The molecule has 3 N–H and O–H groups in total. The van der Waals surface area contributed by atoms with E-state index in [0.717, 1.165) is 0 Å². The molecule has 0 aliphatic heterocycles. The number of benzene rings is 1. The molecular weight excluding hydrogens is 208 g/mol. The lowest BCUT2D eigenvalue weighted by Gasteiger charge is -2.05. The number of carboxylic acid groups (broad SMARTS) is 1.